The minimum atomic E-state index is -0.968. The van der Waals surface area contributed by atoms with Gasteiger partial charge in [-0.15, -0.1) is 0 Å². The molecule has 0 saturated heterocycles. The standard InChI is InChI=1S/C29H24BrI2N3O4/c30-21-9-10-25-22(14-21)28(36)35(27(34-25)19-6-2-1-3-7-19)33-15-18-12-23(31)26(24(32)13-18)39-16-17-5-4-8-20(11-17)29(37)38/h4-5,8-15,19H,1-3,6-7,16H2,(H,37,38). The van der Waals surface area contributed by atoms with Gasteiger partial charge in [-0.2, -0.15) is 9.78 Å². The van der Waals surface area contributed by atoms with E-state index in [0.29, 0.717) is 16.7 Å². The Morgan fingerprint density at radius 3 is 2.56 bits per heavy atom. The molecular weight excluding hydrogens is 788 g/mol. The number of aromatic nitrogens is 2. The summed E-state index contributed by atoms with van der Waals surface area (Å²) < 4.78 is 10.1. The average Bonchev–Trinajstić information content (AvgIpc) is 2.93. The predicted octanol–water partition coefficient (Wildman–Crippen LogP) is 7.58. The number of hydrogen-bond donors (Lipinski definition) is 1. The lowest BCUT2D eigenvalue weighted by Gasteiger charge is -2.22. The summed E-state index contributed by atoms with van der Waals surface area (Å²) in [6.45, 7) is 0.249. The van der Waals surface area contributed by atoms with E-state index in [4.69, 9.17) is 9.72 Å². The van der Waals surface area contributed by atoms with E-state index in [1.807, 2.05) is 30.3 Å². The van der Waals surface area contributed by atoms with Crippen molar-refractivity contribution in [2.75, 3.05) is 0 Å². The average molecular weight is 812 g/mol. The van der Waals surface area contributed by atoms with Crippen molar-refractivity contribution in [2.24, 2.45) is 5.10 Å². The molecule has 10 heteroatoms. The first-order valence-corrected chi connectivity index (χ1v) is 15.5. The fourth-order valence-electron chi connectivity index (χ4n) is 4.77. The summed E-state index contributed by atoms with van der Waals surface area (Å²) in [7, 11) is 0. The van der Waals surface area contributed by atoms with E-state index in [2.05, 4.69) is 66.2 Å². The topological polar surface area (TPSA) is 93.8 Å². The Morgan fingerprint density at radius 1 is 1.10 bits per heavy atom. The van der Waals surface area contributed by atoms with Crippen LogP contribution >= 0.6 is 61.1 Å². The molecule has 1 saturated carbocycles. The van der Waals surface area contributed by atoms with Crippen LogP contribution < -0.4 is 10.3 Å². The van der Waals surface area contributed by atoms with Gasteiger partial charge in [-0.05, 0) is 112 Å². The molecule has 1 fully saturated rings. The van der Waals surface area contributed by atoms with Gasteiger partial charge in [0, 0.05) is 10.4 Å². The van der Waals surface area contributed by atoms with Crippen molar-refractivity contribution >= 4 is 84.2 Å². The van der Waals surface area contributed by atoms with E-state index in [0.717, 1.165) is 54.2 Å². The lowest BCUT2D eigenvalue weighted by molar-refractivity contribution is 0.0696. The molecule has 0 aliphatic heterocycles. The minimum Gasteiger partial charge on any atom is -0.487 e. The van der Waals surface area contributed by atoms with Crippen LogP contribution in [-0.4, -0.2) is 27.0 Å². The van der Waals surface area contributed by atoms with Gasteiger partial charge in [-0.3, -0.25) is 4.79 Å². The minimum absolute atomic E-state index is 0.175. The molecule has 0 atom stereocenters. The Hall–Kier alpha value is -2.32. The van der Waals surface area contributed by atoms with E-state index in [1.54, 1.807) is 30.5 Å². The third kappa shape index (κ3) is 6.54. The van der Waals surface area contributed by atoms with Crippen molar-refractivity contribution in [1.82, 2.24) is 9.66 Å². The number of benzene rings is 3. The molecule has 0 unspecified atom stereocenters. The molecule has 1 aliphatic carbocycles. The molecule has 4 aromatic rings. The van der Waals surface area contributed by atoms with Gasteiger partial charge in [-0.25, -0.2) is 9.78 Å². The van der Waals surface area contributed by atoms with Gasteiger partial charge in [0.1, 0.15) is 18.2 Å². The fourth-order valence-corrected chi connectivity index (χ4v) is 7.26. The van der Waals surface area contributed by atoms with Crippen LogP contribution in [0.15, 0.2) is 69.0 Å². The summed E-state index contributed by atoms with van der Waals surface area (Å²) in [5, 5.41) is 14.4. The first-order chi connectivity index (χ1) is 18.8. The van der Waals surface area contributed by atoms with Crippen LogP contribution in [0.1, 0.15) is 65.3 Å². The van der Waals surface area contributed by atoms with Crippen LogP contribution in [0.5, 0.6) is 5.75 Å². The van der Waals surface area contributed by atoms with Crippen molar-refractivity contribution < 1.29 is 14.6 Å². The second kappa shape index (κ2) is 12.5. The van der Waals surface area contributed by atoms with Crippen molar-refractivity contribution in [2.45, 2.75) is 44.6 Å². The molecule has 0 spiro atoms. The van der Waals surface area contributed by atoms with Gasteiger partial charge >= 0.3 is 5.97 Å². The molecule has 1 N–H and O–H groups in total. The van der Waals surface area contributed by atoms with Crippen LogP contribution in [0.2, 0.25) is 0 Å². The smallest absolute Gasteiger partial charge is 0.335 e. The maximum Gasteiger partial charge on any atom is 0.335 e. The number of hydrogen-bond acceptors (Lipinski definition) is 5. The van der Waals surface area contributed by atoms with E-state index >= 15 is 0 Å². The van der Waals surface area contributed by atoms with Crippen molar-refractivity contribution in [3.8, 4) is 5.75 Å². The zero-order valence-electron chi connectivity index (χ0n) is 20.7. The fraction of sp³-hybridized carbons (Fsp3) is 0.241. The van der Waals surface area contributed by atoms with E-state index < -0.39 is 5.97 Å². The second-order valence-electron chi connectivity index (χ2n) is 9.44. The first kappa shape index (κ1) is 28.2. The summed E-state index contributed by atoms with van der Waals surface area (Å²) >= 11 is 7.90. The zero-order chi connectivity index (χ0) is 27.5. The molecule has 0 amide bonds. The van der Waals surface area contributed by atoms with Crippen molar-refractivity contribution in [3.05, 3.63) is 99.1 Å². The lowest BCUT2D eigenvalue weighted by Crippen LogP contribution is -2.25. The zero-order valence-corrected chi connectivity index (χ0v) is 26.6. The number of aromatic carboxylic acids is 1. The van der Waals surface area contributed by atoms with Crippen LogP contribution in [-0.2, 0) is 6.61 Å². The predicted molar refractivity (Wildman–Crippen MR) is 172 cm³/mol. The van der Waals surface area contributed by atoms with Gasteiger partial charge in [0.25, 0.3) is 5.56 Å². The maximum atomic E-state index is 13.6. The molecule has 0 bridgehead atoms. The van der Waals surface area contributed by atoms with E-state index in [1.165, 1.54) is 11.1 Å². The van der Waals surface area contributed by atoms with E-state index in [9.17, 15) is 14.7 Å². The summed E-state index contributed by atoms with van der Waals surface area (Å²) in [5.74, 6) is 0.669. The number of ether oxygens (including phenoxy) is 1. The Balaban J connectivity index is 1.45. The van der Waals surface area contributed by atoms with Gasteiger partial charge in [0.2, 0.25) is 0 Å². The highest BCUT2D eigenvalue weighted by atomic mass is 127. The third-order valence-corrected chi connectivity index (χ3v) is 8.80. The molecule has 200 valence electrons. The lowest BCUT2D eigenvalue weighted by atomic mass is 9.88. The molecular formula is C29H24BrI2N3O4. The van der Waals surface area contributed by atoms with Crippen molar-refractivity contribution in [3.63, 3.8) is 0 Å². The van der Waals surface area contributed by atoms with Crippen LogP contribution in [0.25, 0.3) is 10.9 Å². The Labute approximate surface area is 261 Å². The maximum absolute atomic E-state index is 13.6. The van der Waals surface area contributed by atoms with Gasteiger partial charge in [0.15, 0.2) is 0 Å². The van der Waals surface area contributed by atoms with Crippen LogP contribution in [0.4, 0.5) is 0 Å². The summed E-state index contributed by atoms with van der Waals surface area (Å²) in [6, 6.07) is 16.2. The highest BCUT2D eigenvalue weighted by Crippen LogP contribution is 2.32. The number of carbonyl (C=O) groups is 1. The first-order valence-electron chi connectivity index (χ1n) is 12.5. The highest BCUT2D eigenvalue weighted by molar-refractivity contribution is 14.1. The quantitative estimate of drug-likeness (QED) is 0.154. The second-order valence-corrected chi connectivity index (χ2v) is 12.7. The SMILES string of the molecule is O=C(O)c1cccc(COc2c(I)cc(C=Nn3c(C4CCCCC4)nc4ccc(Br)cc4c3=O)cc2I)c1. The summed E-state index contributed by atoms with van der Waals surface area (Å²) in [4.78, 5) is 29.7. The van der Waals surface area contributed by atoms with Gasteiger partial charge < -0.3 is 9.84 Å². The van der Waals surface area contributed by atoms with Crippen LogP contribution in [0, 0.1) is 7.14 Å². The number of halogens is 3. The molecule has 7 nitrogen and oxygen atoms in total. The normalized spacial score (nSPS) is 14.2. The molecule has 5 rings (SSSR count). The molecule has 39 heavy (non-hydrogen) atoms. The summed E-state index contributed by atoms with van der Waals surface area (Å²) in [6.07, 6.45) is 7.16. The molecule has 1 heterocycles. The Kier molecular flexibility index (Phi) is 9.02. The number of rotatable bonds is 7. The number of carboxylic acids is 1. The molecule has 3 aromatic carbocycles. The number of carboxylic acid groups (broad SMARTS) is 1. The molecule has 0 radical (unpaired) electrons. The van der Waals surface area contributed by atoms with Gasteiger partial charge in [0.05, 0.1) is 29.8 Å². The van der Waals surface area contributed by atoms with Gasteiger partial charge in [-0.1, -0.05) is 47.3 Å². The Morgan fingerprint density at radius 2 is 1.85 bits per heavy atom. The monoisotopic (exact) mass is 811 g/mol. The van der Waals surface area contributed by atoms with E-state index in [-0.39, 0.29) is 23.6 Å². The number of fused-ring (bicyclic) bond motifs is 1. The highest BCUT2D eigenvalue weighted by Gasteiger charge is 2.22. The molecule has 1 aromatic heterocycles. The Bertz CT molecular complexity index is 1620. The largest absolute Gasteiger partial charge is 0.487 e. The summed E-state index contributed by atoms with van der Waals surface area (Å²) in [5.41, 5.74) is 2.35. The number of nitrogens with zero attached hydrogens (tertiary/aromatic N) is 3. The third-order valence-electron chi connectivity index (χ3n) is 6.70. The molecule has 1 aliphatic rings. The van der Waals surface area contributed by atoms with Crippen LogP contribution in [0.3, 0.4) is 0 Å². The van der Waals surface area contributed by atoms with Crippen molar-refractivity contribution in [1.29, 1.82) is 0 Å².